The van der Waals surface area contributed by atoms with E-state index in [2.05, 4.69) is 9.97 Å². The van der Waals surface area contributed by atoms with Crippen LogP contribution in [0.5, 0.6) is 0 Å². The summed E-state index contributed by atoms with van der Waals surface area (Å²) in [5, 5.41) is 0.633. The molecule has 0 aliphatic heterocycles. The summed E-state index contributed by atoms with van der Waals surface area (Å²) in [6.07, 6.45) is 0.861. The molecule has 0 unspecified atom stereocenters. The fourth-order valence-corrected chi connectivity index (χ4v) is 2.70. The minimum Gasteiger partial charge on any atom is -0.327 e. The highest BCUT2D eigenvalue weighted by molar-refractivity contribution is 7.99. The van der Waals surface area contributed by atoms with E-state index in [9.17, 15) is 9.59 Å². The summed E-state index contributed by atoms with van der Waals surface area (Å²) < 4.78 is 2.42. The van der Waals surface area contributed by atoms with Gasteiger partial charge in [0.25, 0.3) is 5.56 Å². The molecule has 0 saturated carbocycles. The van der Waals surface area contributed by atoms with Crippen LogP contribution in [-0.2, 0) is 14.1 Å². The third kappa shape index (κ3) is 2.20. The quantitative estimate of drug-likeness (QED) is 0.510. The second-order valence-corrected chi connectivity index (χ2v) is 5.30. The maximum atomic E-state index is 11.9. The monoisotopic (exact) mass is 288 g/mol. The van der Waals surface area contributed by atoms with Crippen LogP contribution in [0.15, 0.2) is 14.7 Å². The van der Waals surface area contributed by atoms with Crippen LogP contribution in [-0.4, -0.2) is 30.7 Å². The van der Waals surface area contributed by atoms with Crippen molar-refractivity contribution >= 4 is 34.5 Å². The van der Waals surface area contributed by atoms with E-state index in [4.69, 9.17) is 11.6 Å². The van der Waals surface area contributed by atoms with Crippen LogP contribution in [0.25, 0.3) is 11.2 Å². The molecule has 98 valence electrons. The van der Waals surface area contributed by atoms with E-state index >= 15 is 0 Å². The molecule has 1 N–H and O–H groups in total. The van der Waals surface area contributed by atoms with Crippen LogP contribution < -0.4 is 11.2 Å². The number of imidazole rings is 1. The number of nitrogens with zero attached hydrogens (tertiary/aromatic N) is 3. The van der Waals surface area contributed by atoms with Crippen LogP contribution in [0.3, 0.4) is 0 Å². The third-order valence-electron chi connectivity index (χ3n) is 2.59. The van der Waals surface area contributed by atoms with Crippen LogP contribution in [0, 0.1) is 0 Å². The average Bonchev–Trinajstić information content (AvgIpc) is 2.78. The Morgan fingerprint density at radius 1 is 1.33 bits per heavy atom. The van der Waals surface area contributed by atoms with Gasteiger partial charge in [-0.05, 0) is 6.42 Å². The molecule has 2 rings (SSSR count). The number of aromatic nitrogens is 4. The Morgan fingerprint density at radius 3 is 2.72 bits per heavy atom. The van der Waals surface area contributed by atoms with Crippen LogP contribution in [0.1, 0.15) is 6.42 Å². The molecule has 18 heavy (non-hydrogen) atoms. The molecule has 0 spiro atoms. The van der Waals surface area contributed by atoms with Crippen molar-refractivity contribution in [2.45, 2.75) is 11.6 Å². The number of H-pyrrole nitrogens is 1. The first-order valence-corrected chi connectivity index (χ1v) is 6.92. The molecule has 6 nitrogen and oxygen atoms in total. The predicted octanol–water partition coefficient (Wildman–Crippen LogP) is 0.681. The van der Waals surface area contributed by atoms with E-state index in [1.54, 1.807) is 7.05 Å². The largest absolute Gasteiger partial charge is 0.332 e. The Labute approximate surface area is 112 Å². The highest BCUT2D eigenvalue weighted by Crippen LogP contribution is 2.17. The van der Waals surface area contributed by atoms with Gasteiger partial charge in [-0.25, -0.2) is 9.78 Å². The lowest BCUT2D eigenvalue weighted by Gasteiger charge is -2.00. The number of aromatic amines is 1. The summed E-state index contributed by atoms with van der Waals surface area (Å²) in [7, 11) is 3.05. The van der Waals surface area contributed by atoms with Gasteiger partial charge in [0.2, 0.25) is 0 Å². The zero-order valence-corrected chi connectivity index (χ0v) is 11.6. The highest BCUT2D eigenvalue weighted by atomic mass is 35.5. The maximum Gasteiger partial charge on any atom is 0.332 e. The first-order chi connectivity index (χ1) is 8.56. The van der Waals surface area contributed by atoms with Gasteiger partial charge in [-0.3, -0.25) is 13.9 Å². The number of rotatable bonds is 4. The molecule has 8 heteroatoms. The van der Waals surface area contributed by atoms with Crippen molar-refractivity contribution in [3.63, 3.8) is 0 Å². The molecule has 0 amide bonds. The molecule has 0 atom stereocenters. The Hall–Kier alpha value is -1.21. The fraction of sp³-hybridized carbons (Fsp3) is 0.500. The zero-order chi connectivity index (χ0) is 13.3. The topological polar surface area (TPSA) is 72.7 Å². The predicted molar refractivity (Wildman–Crippen MR) is 72.6 cm³/mol. The van der Waals surface area contributed by atoms with Gasteiger partial charge in [-0.1, -0.05) is 11.8 Å². The summed E-state index contributed by atoms with van der Waals surface area (Å²) in [6.45, 7) is 0. The van der Waals surface area contributed by atoms with Gasteiger partial charge in [0, 0.05) is 25.7 Å². The van der Waals surface area contributed by atoms with Gasteiger partial charge in [-0.15, -0.1) is 11.6 Å². The Morgan fingerprint density at radius 2 is 2.06 bits per heavy atom. The van der Waals surface area contributed by atoms with Gasteiger partial charge in [0.05, 0.1) is 0 Å². The Balaban J connectivity index is 2.51. The standard InChI is InChI=1S/C10H13ClN4O2S/c1-14-7-6(8(16)15(2)10(14)17)12-9(13-7)18-5-3-4-11/h3-5H2,1-2H3,(H,12,13). The van der Waals surface area contributed by atoms with Crippen LogP contribution in [0.4, 0.5) is 0 Å². The minimum atomic E-state index is -0.378. The normalized spacial score (nSPS) is 11.3. The van der Waals surface area contributed by atoms with Crippen molar-refractivity contribution in [1.29, 1.82) is 0 Å². The van der Waals surface area contributed by atoms with Crippen molar-refractivity contribution in [2.75, 3.05) is 11.6 Å². The fourth-order valence-electron chi connectivity index (χ4n) is 1.60. The summed E-state index contributed by atoms with van der Waals surface area (Å²) in [6, 6.07) is 0. The third-order valence-corrected chi connectivity index (χ3v) is 3.82. The van der Waals surface area contributed by atoms with Gasteiger partial charge in [0.15, 0.2) is 16.3 Å². The lowest BCUT2D eigenvalue weighted by molar-refractivity contribution is 0.708. The first-order valence-electron chi connectivity index (χ1n) is 5.40. The maximum absolute atomic E-state index is 11.9. The molecular formula is C10H13ClN4O2S. The number of hydrogen-bond acceptors (Lipinski definition) is 4. The van der Waals surface area contributed by atoms with Gasteiger partial charge >= 0.3 is 5.69 Å². The molecule has 2 aromatic heterocycles. The summed E-state index contributed by atoms with van der Waals surface area (Å²) in [5.41, 5.74) is 0.00514. The second kappa shape index (κ2) is 5.19. The number of thioether (sulfide) groups is 1. The average molecular weight is 289 g/mol. The van der Waals surface area contributed by atoms with Crippen molar-refractivity contribution < 1.29 is 0 Å². The molecule has 0 aliphatic carbocycles. The molecule has 2 heterocycles. The molecule has 0 radical (unpaired) electrons. The van der Waals surface area contributed by atoms with E-state index < -0.39 is 0 Å². The molecule has 0 aromatic carbocycles. The number of hydrogen-bond donors (Lipinski definition) is 1. The lowest BCUT2D eigenvalue weighted by atomic mass is 10.5. The lowest BCUT2D eigenvalue weighted by Crippen LogP contribution is -2.36. The first kappa shape index (κ1) is 13.2. The van der Waals surface area contributed by atoms with Crippen molar-refractivity contribution in [1.82, 2.24) is 19.1 Å². The van der Waals surface area contributed by atoms with Crippen molar-refractivity contribution in [2.24, 2.45) is 14.1 Å². The molecule has 0 bridgehead atoms. The highest BCUT2D eigenvalue weighted by Gasteiger charge is 2.13. The van der Waals surface area contributed by atoms with Crippen LogP contribution >= 0.6 is 23.4 Å². The molecular weight excluding hydrogens is 276 g/mol. The molecule has 0 fully saturated rings. The summed E-state index contributed by atoms with van der Waals surface area (Å²) in [5.74, 6) is 1.41. The van der Waals surface area contributed by atoms with E-state index in [1.807, 2.05) is 0 Å². The zero-order valence-electron chi connectivity index (χ0n) is 10.1. The number of aryl methyl sites for hydroxylation is 1. The van der Waals surface area contributed by atoms with E-state index in [0.717, 1.165) is 16.7 Å². The Kier molecular flexibility index (Phi) is 3.82. The minimum absolute atomic E-state index is 0.355. The smallest absolute Gasteiger partial charge is 0.327 e. The number of halogens is 1. The number of nitrogens with one attached hydrogen (secondary N) is 1. The summed E-state index contributed by atoms with van der Waals surface area (Å²) in [4.78, 5) is 30.8. The summed E-state index contributed by atoms with van der Waals surface area (Å²) >= 11 is 7.08. The van der Waals surface area contributed by atoms with Crippen molar-refractivity contribution in [3.8, 4) is 0 Å². The van der Waals surface area contributed by atoms with E-state index in [0.29, 0.717) is 22.2 Å². The van der Waals surface area contributed by atoms with Gasteiger partial charge in [-0.2, -0.15) is 0 Å². The van der Waals surface area contributed by atoms with Gasteiger partial charge < -0.3 is 4.98 Å². The van der Waals surface area contributed by atoms with Gasteiger partial charge in [0.1, 0.15) is 0 Å². The molecule has 2 aromatic rings. The molecule has 0 aliphatic rings. The molecule has 0 saturated heterocycles. The van der Waals surface area contributed by atoms with Crippen LogP contribution in [0.2, 0.25) is 0 Å². The second-order valence-electron chi connectivity index (χ2n) is 3.84. The van der Waals surface area contributed by atoms with Crippen molar-refractivity contribution in [3.05, 3.63) is 20.8 Å². The SMILES string of the molecule is Cn1c(=O)c2[nH]c(SCCCCl)nc2n(C)c1=O. The number of fused-ring (bicyclic) bond motifs is 1. The number of alkyl halides is 1. The van der Waals surface area contributed by atoms with E-state index in [1.165, 1.54) is 23.4 Å². The van der Waals surface area contributed by atoms with E-state index in [-0.39, 0.29) is 11.2 Å². The Bertz CT molecular complexity index is 687.